The Morgan fingerprint density at radius 1 is 1.39 bits per heavy atom. The van der Waals surface area contributed by atoms with Gasteiger partial charge in [-0.05, 0) is 18.8 Å². The minimum absolute atomic E-state index is 0.00648. The fourth-order valence-electron chi connectivity index (χ4n) is 2.20. The van der Waals surface area contributed by atoms with Gasteiger partial charge in [0.25, 0.3) is 5.56 Å². The van der Waals surface area contributed by atoms with Crippen LogP contribution in [0.25, 0.3) is 0 Å². The number of nitrogens with two attached hydrogens (primary N) is 1. The second-order valence-corrected chi connectivity index (χ2v) is 6.13. The van der Waals surface area contributed by atoms with E-state index in [0.29, 0.717) is 25.4 Å². The molecule has 0 spiro atoms. The summed E-state index contributed by atoms with van der Waals surface area (Å²) >= 11 is 5.66. The number of amides is 1. The highest BCUT2D eigenvalue weighted by molar-refractivity contribution is 6.29. The molecule has 1 amide bonds. The number of anilines is 2. The second-order valence-electron chi connectivity index (χ2n) is 5.86. The molecule has 7 nitrogen and oxygen atoms in total. The number of aromatic amines is 1. The number of H-pyrrole nitrogens is 1. The summed E-state index contributed by atoms with van der Waals surface area (Å²) in [4.78, 5) is 39.8. The number of alkyl halides is 1. The lowest BCUT2D eigenvalue weighted by Crippen LogP contribution is -2.42. The molecule has 0 aliphatic heterocycles. The van der Waals surface area contributed by atoms with Crippen molar-refractivity contribution in [2.45, 2.75) is 46.6 Å². The molecule has 0 unspecified atom stereocenters. The summed E-state index contributed by atoms with van der Waals surface area (Å²) in [5.41, 5.74) is 4.81. The Labute approximate surface area is 140 Å². The zero-order chi connectivity index (χ0) is 17.6. The first-order valence-corrected chi connectivity index (χ1v) is 8.35. The number of hydrogen-bond donors (Lipinski definition) is 2. The van der Waals surface area contributed by atoms with E-state index in [1.54, 1.807) is 0 Å². The minimum Gasteiger partial charge on any atom is -0.383 e. The summed E-state index contributed by atoms with van der Waals surface area (Å²) in [6, 6.07) is 0. The Bertz CT molecular complexity index is 651. The van der Waals surface area contributed by atoms with Crippen molar-refractivity contribution >= 4 is 29.0 Å². The van der Waals surface area contributed by atoms with Gasteiger partial charge < -0.3 is 10.6 Å². The van der Waals surface area contributed by atoms with Crippen LogP contribution in [0.1, 0.15) is 40.0 Å². The molecular weight excluding hydrogens is 320 g/mol. The monoisotopic (exact) mass is 344 g/mol. The van der Waals surface area contributed by atoms with Gasteiger partial charge in [-0.1, -0.05) is 27.2 Å². The number of rotatable bonds is 8. The van der Waals surface area contributed by atoms with E-state index in [9.17, 15) is 14.4 Å². The predicted octanol–water partition coefficient (Wildman–Crippen LogP) is 1.54. The maximum Gasteiger partial charge on any atom is 0.330 e. The van der Waals surface area contributed by atoms with Gasteiger partial charge in [-0.25, -0.2) is 4.79 Å². The molecule has 0 bridgehead atoms. The van der Waals surface area contributed by atoms with E-state index in [1.807, 2.05) is 20.8 Å². The normalized spacial score (nSPS) is 11.0. The molecule has 1 rings (SSSR count). The molecule has 0 aliphatic rings. The molecule has 0 saturated heterocycles. The van der Waals surface area contributed by atoms with Gasteiger partial charge in [0.05, 0.1) is 0 Å². The van der Waals surface area contributed by atoms with E-state index in [-0.39, 0.29) is 17.4 Å². The SMILES string of the molecule is CCCCn1c(N)c(N(CCC(C)C)C(=O)CCl)c(=O)[nH]c1=O. The predicted molar refractivity (Wildman–Crippen MR) is 93.2 cm³/mol. The highest BCUT2D eigenvalue weighted by Gasteiger charge is 2.23. The van der Waals surface area contributed by atoms with Gasteiger partial charge in [0, 0.05) is 13.1 Å². The van der Waals surface area contributed by atoms with E-state index < -0.39 is 17.2 Å². The third-order valence-corrected chi connectivity index (χ3v) is 3.79. The summed E-state index contributed by atoms with van der Waals surface area (Å²) in [6.07, 6.45) is 2.30. The number of nitrogen functional groups attached to an aromatic ring is 1. The van der Waals surface area contributed by atoms with Gasteiger partial charge in [0.1, 0.15) is 11.7 Å². The molecule has 0 aliphatic carbocycles. The summed E-state index contributed by atoms with van der Waals surface area (Å²) in [5, 5.41) is 0. The van der Waals surface area contributed by atoms with Gasteiger partial charge in [0.2, 0.25) is 5.91 Å². The number of aromatic nitrogens is 2. The first-order chi connectivity index (χ1) is 10.8. The number of nitrogens with one attached hydrogen (secondary N) is 1. The molecule has 0 aromatic carbocycles. The summed E-state index contributed by atoms with van der Waals surface area (Å²) in [5.74, 6) is -0.322. The molecule has 1 aromatic rings. The smallest absolute Gasteiger partial charge is 0.330 e. The lowest BCUT2D eigenvalue weighted by atomic mass is 10.1. The molecule has 1 heterocycles. The van der Waals surface area contributed by atoms with Crippen LogP contribution < -0.4 is 21.9 Å². The molecule has 8 heteroatoms. The molecule has 130 valence electrons. The molecule has 23 heavy (non-hydrogen) atoms. The van der Waals surface area contributed by atoms with Crippen LogP contribution >= 0.6 is 11.6 Å². The van der Waals surface area contributed by atoms with Crippen molar-refractivity contribution in [3.05, 3.63) is 20.8 Å². The number of carbonyl (C=O) groups is 1. The van der Waals surface area contributed by atoms with Crippen molar-refractivity contribution in [3.63, 3.8) is 0 Å². The average molecular weight is 345 g/mol. The van der Waals surface area contributed by atoms with Crippen molar-refractivity contribution in [2.75, 3.05) is 23.1 Å². The molecule has 1 aromatic heterocycles. The van der Waals surface area contributed by atoms with E-state index >= 15 is 0 Å². The summed E-state index contributed by atoms with van der Waals surface area (Å²) in [6.45, 7) is 6.72. The lowest BCUT2D eigenvalue weighted by Gasteiger charge is -2.24. The maximum atomic E-state index is 12.2. The van der Waals surface area contributed by atoms with Gasteiger partial charge in [-0.3, -0.25) is 19.1 Å². The standard InChI is InChI=1S/C15H25ClN4O3/c1-4-5-7-20-13(17)12(14(22)18-15(20)23)19(11(21)9-16)8-6-10(2)3/h10H,4-9,17H2,1-3H3,(H,18,22,23). The summed E-state index contributed by atoms with van der Waals surface area (Å²) in [7, 11) is 0. The van der Waals surface area contributed by atoms with Gasteiger partial charge in [-0.2, -0.15) is 0 Å². The van der Waals surface area contributed by atoms with Crippen molar-refractivity contribution in [1.29, 1.82) is 0 Å². The van der Waals surface area contributed by atoms with Gasteiger partial charge in [-0.15, -0.1) is 11.6 Å². The van der Waals surface area contributed by atoms with Crippen LogP contribution in [-0.2, 0) is 11.3 Å². The highest BCUT2D eigenvalue weighted by atomic mass is 35.5. The number of halogens is 1. The van der Waals surface area contributed by atoms with Crippen LogP contribution in [0.3, 0.4) is 0 Å². The third kappa shape index (κ3) is 4.86. The molecule has 0 atom stereocenters. The molecular formula is C15H25ClN4O3. The van der Waals surface area contributed by atoms with Crippen molar-refractivity contribution in [2.24, 2.45) is 5.92 Å². The largest absolute Gasteiger partial charge is 0.383 e. The van der Waals surface area contributed by atoms with Crippen LogP contribution in [0.2, 0.25) is 0 Å². The Morgan fingerprint density at radius 2 is 2.04 bits per heavy atom. The fraction of sp³-hybridized carbons (Fsp3) is 0.667. The Kier molecular flexibility index (Phi) is 7.35. The second kappa shape index (κ2) is 8.76. The molecule has 0 radical (unpaired) electrons. The number of nitrogens with zero attached hydrogens (tertiary/aromatic N) is 2. The van der Waals surface area contributed by atoms with Crippen molar-refractivity contribution in [1.82, 2.24) is 9.55 Å². The highest BCUT2D eigenvalue weighted by Crippen LogP contribution is 2.19. The van der Waals surface area contributed by atoms with Crippen molar-refractivity contribution < 1.29 is 4.79 Å². The van der Waals surface area contributed by atoms with Gasteiger partial charge >= 0.3 is 5.69 Å². The zero-order valence-electron chi connectivity index (χ0n) is 13.9. The Balaban J connectivity index is 3.37. The van der Waals surface area contributed by atoms with Crippen LogP contribution in [0.4, 0.5) is 11.5 Å². The number of carbonyl (C=O) groups excluding carboxylic acids is 1. The van der Waals surface area contributed by atoms with Crippen LogP contribution in [0.15, 0.2) is 9.59 Å². The fourth-order valence-corrected chi connectivity index (χ4v) is 2.34. The topological polar surface area (TPSA) is 101 Å². The summed E-state index contributed by atoms with van der Waals surface area (Å²) < 4.78 is 1.30. The van der Waals surface area contributed by atoms with E-state index in [2.05, 4.69) is 4.98 Å². The van der Waals surface area contributed by atoms with Gasteiger partial charge in [0.15, 0.2) is 5.69 Å². The van der Waals surface area contributed by atoms with E-state index in [4.69, 9.17) is 17.3 Å². The molecule has 0 saturated carbocycles. The number of hydrogen-bond acceptors (Lipinski definition) is 4. The van der Waals surface area contributed by atoms with E-state index in [0.717, 1.165) is 12.8 Å². The average Bonchev–Trinajstić information content (AvgIpc) is 2.49. The minimum atomic E-state index is -0.664. The number of unbranched alkanes of at least 4 members (excludes halogenated alkanes) is 1. The van der Waals surface area contributed by atoms with Crippen LogP contribution in [-0.4, -0.2) is 27.9 Å². The molecule has 3 N–H and O–H groups in total. The first-order valence-electron chi connectivity index (χ1n) is 7.82. The quantitative estimate of drug-likeness (QED) is 0.698. The van der Waals surface area contributed by atoms with Crippen LogP contribution in [0, 0.1) is 5.92 Å². The lowest BCUT2D eigenvalue weighted by molar-refractivity contribution is -0.116. The van der Waals surface area contributed by atoms with Crippen LogP contribution in [0.5, 0.6) is 0 Å². The zero-order valence-corrected chi connectivity index (χ0v) is 14.7. The van der Waals surface area contributed by atoms with E-state index in [1.165, 1.54) is 9.47 Å². The van der Waals surface area contributed by atoms with Crippen molar-refractivity contribution in [3.8, 4) is 0 Å². The Morgan fingerprint density at radius 3 is 2.57 bits per heavy atom. The maximum absolute atomic E-state index is 12.2. The third-order valence-electron chi connectivity index (χ3n) is 3.56. The first kappa shape index (κ1) is 19.3. The Hall–Kier alpha value is -1.76. The molecule has 0 fully saturated rings.